The number of Topliss-reactive ketones (excluding diaryl/α,β-unsaturated/α-hetero) is 1. The maximum Gasteiger partial charge on any atom is 0.152 e. The fourth-order valence-electron chi connectivity index (χ4n) is 2.96. The van der Waals surface area contributed by atoms with E-state index in [9.17, 15) is 4.79 Å². The van der Waals surface area contributed by atoms with E-state index in [1.54, 1.807) is 24.3 Å². The lowest BCUT2D eigenvalue weighted by atomic mass is 10.0. The minimum Gasteiger partial charge on any atom is -0.379 e. The fourth-order valence-corrected chi connectivity index (χ4v) is 2.96. The first kappa shape index (κ1) is 12.6. The van der Waals surface area contributed by atoms with Gasteiger partial charge in [0.25, 0.3) is 0 Å². The van der Waals surface area contributed by atoms with E-state index in [2.05, 4.69) is 20.1 Å². The molecule has 0 spiro atoms. The van der Waals surface area contributed by atoms with Gasteiger partial charge >= 0.3 is 0 Å². The van der Waals surface area contributed by atoms with Gasteiger partial charge in [-0.3, -0.25) is 14.7 Å². The third-order valence-electron chi connectivity index (χ3n) is 4.27. The number of nitrogens with zero attached hydrogens (tertiary/aromatic N) is 4. The van der Waals surface area contributed by atoms with Crippen molar-refractivity contribution < 1.29 is 15.0 Å². The molecule has 26 heavy (non-hydrogen) atoms. The first-order chi connectivity index (χ1) is 14.4. The number of carbonyl (C=O) groups excluding carboxylic acids is 1. The molecular formula is C20H20N4O2. The zero-order chi connectivity index (χ0) is 21.3. The minimum atomic E-state index is -0.388. The molecule has 1 aromatic carbocycles. The number of carbonyl (C=O) groups is 1. The van der Waals surface area contributed by atoms with E-state index in [1.807, 2.05) is 0 Å². The van der Waals surface area contributed by atoms with Crippen LogP contribution in [0.25, 0.3) is 22.0 Å². The highest BCUT2D eigenvalue weighted by atomic mass is 16.5. The summed E-state index contributed by atoms with van der Waals surface area (Å²) in [7, 11) is 0. The van der Waals surface area contributed by atoms with E-state index in [0.29, 0.717) is 36.5 Å². The lowest BCUT2D eigenvalue weighted by Gasteiger charge is -2.25. The third kappa shape index (κ3) is 3.92. The summed E-state index contributed by atoms with van der Waals surface area (Å²) in [5, 5.41) is 9.05. The molecule has 6 nitrogen and oxygen atoms in total. The van der Waals surface area contributed by atoms with Gasteiger partial charge in [0, 0.05) is 36.4 Å². The van der Waals surface area contributed by atoms with Crippen molar-refractivity contribution in [2.24, 2.45) is 0 Å². The number of pyridine rings is 1. The maximum atomic E-state index is 12.4. The lowest BCUT2D eigenvalue weighted by molar-refractivity contribution is -0.120. The molecule has 3 aromatic rings. The molecule has 1 aliphatic rings. The van der Waals surface area contributed by atoms with Crippen LogP contribution in [0.4, 0.5) is 0 Å². The predicted octanol–water partition coefficient (Wildman–Crippen LogP) is 2.14. The van der Waals surface area contributed by atoms with Gasteiger partial charge in [0.1, 0.15) is 0 Å². The molecular weight excluding hydrogens is 328 g/mol. The van der Waals surface area contributed by atoms with Crippen molar-refractivity contribution in [2.75, 3.05) is 32.8 Å². The second-order valence-electron chi connectivity index (χ2n) is 6.17. The minimum absolute atomic E-state index is 0.0534. The summed E-state index contributed by atoms with van der Waals surface area (Å²) in [5.41, 5.74) is 1.91. The van der Waals surface area contributed by atoms with Crippen LogP contribution in [-0.2, 0) is 16.0 Å². The Bertz CT molecular complexity index is 1120. The highest BCUT2D eigenvalue weighted by Crippen LogP contribution is 2.23. The Morgan fingerprint density at radius 1 is 1.19 bits per heavy atom. The Balaban J connectivity index is 1.60. The normalized spacial score (nSPS) is 17.4. The Morgan fingerprint density at radius 2 is 2.08 bits per heavy atom. The summed E-state index contributed by atoms with van der Waals surface area (Å²) in [5.74, 6) is 0.0534. The van der Waals surface area contributed by atoms with Gasteiger partial charge in [-0.15, -0.1) is 0 Å². The zero-order valence-electron chi connectivity index (χ0n) is 18.2. The van der Waals surface area contributed by atoms with Gasteiger partial charge in [0.05, 0.1) is 42.9 Å². The molecule has 1 aliphatic heterocycles. The van der Waals surface area contributed by atoms with Crippen LogP contribution < -0.4 is 0 Å². The summed E-state index contributed by atoms with van der Waals surface area (Å²) in [4.78, 5) is 18.2. The van der Waals surface area contributed by atoms with Crippen LogP contribution >= 0.6 is 0 Å². The first-order valence-corrected chi connectivity index (χ1v) is 8.45. The summed E-state index contributed by atoms with van der Waals surface area (Å²) >= 11 is 0. The van der Waals surface area contributed by atoms with Crippen LogP contribution in [0, 0.1) is 0 Å². The van der Waals surface area contributed by atoms with Gasteiger partial charge in [-0.2, -0.15) is 10.2 Å². The average molecular weight is 352 g/mol. The summed E-state index contributed by atoms with van der Waals surface area (Å²) < 4.78 is 36.9. The first-order valence-electron chi connectivity index (χ1n) is 10.5. The number of morpholine rings is 1. The van der Waals surface area contributed by atoms with E-state index in [4.69, 9.17) is 10.2 Å². The Labute approximate surface area is 157 Å². The second-order valence-corrected chi connectivity index (χ2v) is 6.17. The number of hydrogen-bond donors (Lipinski definition) is 0. The van der Waals surface area contributed by atoms with Crippen molar-refractivity contribution >= 4 is 16.7 Å². The monoisotopic (exact) mass is 352 g/mol. The molecule has 2 aromatic heterocycles. The van der Waals surface area contributed by atoms with Crippen LogP contribution in [0.2, 0.25) is 0 Å². The second kappa shape index (κ2) is 7.68. The van der Waals surface area contributed by atoms with Crippen molar-refractivity contribution in [1.82, 2.24) is 20.1 Å². The van der Waals surface area contributed by atoms with Crippen LogP contribution in [0.15, 0.2) is 48.7 Å². The molecule has 0 radical (unpaired) electrons. The van der Waals surface area contributed by atoms with Crippen molar-refractivity contribution in [2.45, 2.75) is 6.42 Å². The van der Waals surface area contributed by atoms with E-state index < -0.39 is 0 Å². The van der Waals surface area contributed by atoms with Crippen LogP contribution in [0.1, 0.15) is 11.2 Å². The summed E-state index contributed by atoms with van der Waals surface area (Å²) in [6, 6.07) is 6.41. The number of aromatic nitrogens is 3. The molecule has 0 amide bonds. The Morgan fingerprint density at radius 3 is 2.96 bits per heavy atom. The molecule has 132 valence electrons. The van der Waals surface area contributed by atoms with E-state index in [1.165, 1.54) is 0 Å². The molecule has 0 unspecified atom stereocenters. The van der Waals surface area contributed by atoms with Crippen molar-refractivity contribution in [3.8, 4) is 11.1 Å². The molecule has 3 heterocycles. The summed E-state index contributed by atoms with van der Waals surface area (Å²) in [6.45, 7) is 3.11. The zero-order valence-corrected chi connectivity index (χ0v) is 14.2. The Hall–Kier alpha value is -2.70. The molecule has 0 saturated carbocycles. The number of rotatable bonds is 5. The average Bonchev–Trinajstić information content (AvgIpc) is 2.72. The number of ether oxygens (including phenoxy) is 1. The molecule has 0 N–H and O–H groups in total. The van der Waals surface area contributed by atoms with E-state index >= 15 is 0 Å². The molecule has 1 saturated heterocycles. The molecule has 0 aliphatic carbocycles. The summed E-state index contributed by atoms with van der Waals surface area (Å²) in [6.07, 6.45) is -0.436. The molecule has 6 heteroatoms. The van der Waals surface area contributed by atoms with Crippen LogP contribution in [0.3, 0.4) is 0 Å². The molecule has 0 bridgehead atoms. The number of benzene rings is 1. The highest BCUT2D eigenvalue weighted by Gasteiger charge is 2.15. The van der Waals surface area contributed by atoms with Gasteiger partial charge < -0.3 is 4.74 Å². The fraction of sp³-hybridized carbons (Fsp3) is 0.300. The van der Waals surface area contributed by atoms with Crippen LogP contribution in [0.5, 0.6) is 0 Å². The van der Waals surface area contributed by atoms with E-state index in [-0.39, 0.29) is 42.2 Å². The van der Waals surface area contributed by atoms with Crippen LogP contribution in [-0.4, -0.2) is 58.7 Å². The molecule has 4 rings (SSSR count). The predicted molar refractivity (Wildman–Crippen MR) is 98.7 cm³/mol. The van der Waals surface area contributed by atoms with Gasteiger partial charge in [-0.25, -0.2) is 0 Å². The Kier molecular flexibility index (Phi) is 3.73. The van der Waals surface area contributed by atoms with Gasteiger partial charge in [0.15, 0.2) is 5.78 Å². The number of ketones is 1. The van der Waals surface area contributed by atoms with E-state index in [0.717, 1.165) is 18.5 Å². The molecule has 0 atom stereocenters. The lowest BCUT2D eigenvalue weighted by Crippen LogP contribution is -2.40. The smallest absolute Gasteiger partial charge is 0.152 e. The number of fused-ring (bicyclic) bond motifs is 1. The van der Waals surface area contributed by atoms with Crippen molar-refractivity contribution in [3.05, 3.63) is 54.4 Å². The SMILES string of the molecule is [2H]c1nc([2H])c(-c2ccc3nnc(CC(=O)CN4CCOCC4)cc3c2)c([2H])c1[2H]. The largest absolute Gasteiger partial charge is 0.379 e. The van der Waals surface area contributed by atoms with Gasteiger partial charge in [0.2, 0.25) is 0 Å². The topological polar surface area (TPSA) is 68.2 Å². The highest BCUT2D eigenvalue weighted by molar-refractivity contribution is 5.86. The molecule has 1 fully saturated rings. The third-order valence-corrected chi connectivity index (χ3v) is 4.27. The standard InChI is InChI=1S/C20H20N4O2/c25-19(14-24-6-8-26-9-7-24)12-18-11-17-10-15(3-4-20(17)23-22-18)16-2-1-5-21-13-16/h1-5,10-11,13H,6-9,12,14H2/i1D,2D,5D,13D. The maximum absolute atomic E-state index is 12.4. The quantitative estimate of drug-likeness (QED) is 0.701. The van der Waals surface area contributed by atoms with Crippen molar-refractivity contribution in [1.29, 1.82) is 0 Å². The number of hydrogen-bond acceptors (Lipinski definition) is 6. The van der Waals surface area contributed by atoms with Gasteiger partial charge in [-0.05, 0) is 29.8 Å². The van der Waals surface area contributed by atoms with Crippen molar-refractivity contribution in [3.63, 3.8) is 0 Å². The van der Waals surface area contributed by atoms with Gasteiger partial charge in [-0.1, -0.05) is 12.1 Å².